The van der Waals surface area contributed by atoms with E-state index in [2.05, 4.69) is 10.0 Å². The Hall–Kier alpha value is -2.00. The zero-order valence-electron chi connectivity index (χ0n) is 7.64. The van der Waals surface area contributed by atoms with Gasteiger partial charge in [-0.3, -0.25) is 0 Å². The summed E-state index contributed by atoms with van der Waals surface area (Å²) in [5, 5.41) is 12.1. The monoisotopic (exact) mass is 191 g/mol. The fourth-order valence-electron chi connectivity index (χ4n) is 1.19. The predicted molar refractivity (Wildman–Crippen MR) is 51.0 cm³/mol. The molecule has 0 aliphatic carbocycles. The summed E-state index contributed by atoms with van der Waals surface area (Å²) in [6.45, 7) is 1.98. The van der Waals surface area contributed by atoms with Gasteiger partial charge < -0.3 is 5.11 Å². The quantitative estimate of drug-likeness (QED) is 0.452. The molecular formula is C9H9N3O2. The highest BCUT2D eigenvalue weighted by Gasteiger charge is 2.04. The molecule has 1 N–H and O–H groups in total. The van der Waals surface area contributed by atoms with E-state index in [9.17, 15) is 4.79 Å². The number of hydrogen-bond acceptors (Lipinski definition) is 2. The number of rotatable bonds is 3. The van der Waals surface area contributed by atoms with Crippen molar-refractivity contribution in [3.05, 3.63) is 45.3 Å². The van der Waals surface area contributed by atoms with Crippen LogP contribution in [0.3, 0.4) is 0 Å². The minimum Gasteiger partial charge on any atom is -0.478 e. The van der Waals surface area contributed by atoms with Crippen LogP contribution in [0.2, 0.25) is 0 Å². The fourth-order valence-corrected chi connectivity index (χ4v) is 1.19. The molecule has 5 nitrogen and oxygen atoms in total. The highest BCUT2D eigenvalue weighted by molar-refractivity contribution is 5.88. The van der Waals surface area contributed by atoms with Crippen LogP contribution in [0.1, 0.15) is 21.5 Å². The van der Waals surface area contributed by atoms with E-state index < -0.39 is 5.97 Å². The van der Waals surface area contributed by atoms with Crippen molar-refractivity contribution in [1.82, 2.24) is 0 Å². The predicted octanol–water partition coefficient (Wildman–Crippen LogP) is 2.50. The van der Waals surface area contributed by atoms with Gasteiger partial charge in [-0.25, -0.2) is 4.79 Å². The highest BCUT2D eigenvalue weighted by Crippen LogP contribution is 2.10. The van der Waals surface area contributed by atoms with Gasteiger partial charge in [-0.1, -0.05) is 16.7 Å². The molecule has 14 heavy (non-hydrogen) atoms. The first-order valence-electron chi connectivity index (χ1n) is 3.98. The molecule has 1 aromatic carbocycles. The van der Waals surface area contributed by atoms with Gasteiger partial charge in [0, 0.05) is 4.91 Å². The first kappa shape index (κ1) is 10.1. The molecule has 0 atom stereocenters. The first-order valence-corrected chi connectivity index (χ1v) is 3.98. The van der Waals surface area contributed by atoms with E-state index in [0.29, 0.717) is 5.56 Å². The van der Waals surface area contributed by atoms with Gasteiger partial charge in [0.1, 0.15) is 0 Å². The molecule has 0 saturated heterocycles. The Bertz CT molecular complexity index is 409. The molecule has 0 fully saturated rings. The van der Waals surface area contributed by atoms with E-state index in [1.165, 1.54) is 6.07 Å². The molecule has 1 aromatic rings. The largest absolute Gasteiger partial charge is 0.478 e. The topological polar surface area (TPSA) is 86.1 Å². The lowest BCUT2D eigenvalue weighted by molar-refractivity contribution is 0.0696. The summed E-state index contributed by atoms with van der Waals surface area (Å²) in [5.74, 6) is -0.976. The van der Waals surface area contributed by atoms with E-state index in [4.69, 9.17) is 10.6 Å². The minimum atomic E-state index is -0.976. The third-order valence-electron chi connectivity index (χ3n) is 1.70. The lowest BCUT2D eigenvalue weighted by Crippen LogP contribution is -1.98. The van der Waals surface area contributed by atoms with E-state index in [1.807, 2.05) is 0 Å². The molecule has 5 heteroatoms. The van der Waals surface area contributed by atoms with Crippen LogP contribution in [0.15, 0.2) is 23.3 Å². The Morgan fingerprint density at radius 2 is 2.29 bits per heavy atom. The van der Waals surface area contributed by atoms with Gasteiger partial charge >= 0.3 is 5.97 Å². The van der Waals surface area contributed by atoms with Gasteiger partial charge in [0.05, 0.1) is 12.1 Å². The number of carboxylic acids is 1. The van der Waals surface area contributed by atoms with Crippen molar-refractivity contribution in [2.75, 3.05) is 0 Å². The molecule has 0 spiro atoms. The zero-order chi connectivity index (χ0) is 10.6. The molecule has 0 heterocycles. The molecule has 1 rings (SSSR count). The fraction of sp³-hybridized carbons (Fsp3) is 0.222. The van der Waals surface area contributed by atoms with E-state index in [1.54, 1.807) is 19.1 Å². The number of carboxylic acid groups (broad SMARTS) is 1. The molecule has 0 unspecified atom stereocenters. The van der Waals surface area contributed by atoms with Crippen LogP contribution in [0.5, 0.6) is 0 Å². The number of aryl methyl sites for hydroxylation is 1. The third kappa shape index (κ3) is 2.50. The highest BCUT2D eigenvalue weighted by atomic mass is 16.4. The molecule has 0 radical (unpaired) electrons. The van der Waals surface area contributed by atoms with E-state index >= 15 is 0 Å². The average Bonchev–Trinajstić information content (AvgIpc) is 2.14. The number of aromatic carboxylic acids is 1. The SMILES string of the molecule is Cc1cc(CN=[N+]=[N-])cc(C(=O)O)c1. The molecule has 0 aliphatic heterocycles. The smallest absolute Gasteiger partial charge is 0.335 e. The van der Waals surface area contributed by atoms with Gasteiger partial charge in [0.25, 0.3) is 0 Å². The van der Waals surface area contributed by atoms with Crippen LogP contribution >= 0.6 is 0 Å². The van der Waals surface area contributed by atoms with Crippen LogP contribution in [0.4, 0.5) is 0 Å². The average molecular weight is 191 g/mol. The molecular weight excluding hydrogens is 182 g/mol. The molecule has 72 valence electrons. The van der Waals surface area contributed by atoms with Gasteiger partial charge in [0.15, 0.2) is 0 Å². The number of azide groups is 1. The number of benzene rings is 1. The third-order valence-corrected chi connectivity index (χ3v) is 1.70. The minimum absolute atomic E-state index is 0.179. The maximum absolute atomic E-state index is 10.7. The maximum Gasteiger partial charge on any atom is 0.335 e. The lowest BCUT2D eigenvalue weighted by atomic mass is 10.1. The Labute approximate surface area is 80.6 Å². The van der Waals surface area contributed by atoms with Crippen LogP contribution in [-0.4, -0.2) is 11.1 Å². The lowest BCUT2D eigenvalue weighted by Gasteiger charge is -2.01. The van der Waals surface area contributed by atoms with Crippen molar-refractivity contribution < 1.29 is 9.90 Å². The van der Waals surface area contributed by atoms with Crippen LogP contribution in [0.25, 0.3) is 10.4 Å². The molecule has 0 aliphatic rings. The second-order valence-electron chi connectivity index (χ2n) is 2.90. The number of hydrogen-bond donors (Lipinski definition) is 1. The number of carbonyl (C=O) groups is 1. The summed E-state index contributed by atoms with van der Waals surface area (Å²) in [5.41, 5.74) is 9.88. The molecule has 0 aromatic heterocycles. The van der Waals surface area contributed by atoms with Crippen LogP contribution in [-0.2, 0) is 6.54 Å². The van der Waals surface area contributed by atoms with Gasteiger partial charge in [0.2, 0.25) is 0 Å². The van der Waals surface area contributed by atoms with Crippen molar-refractivity contribution in [2.45, 2.75) is 13.5 Å². The van der Waals surface area contributed by atoms with Gasteiger partial charge in [-0.05, 0) is 30.2 Å². The first-order chi connectivity index (χ1) is 6.63. The number of nitrogens with zero attached hydrogens (tertiary/aromatic N) is 3. The van der Waals surface area contributed by atoms with Gasteiger partial charge in [-0.15, -0.1) is 0 Å². The van der Waals surface area contributed by atoms with Crippen molar-refractivity contribution >= 4 is 5.97 Å². The molecule has 0 bridgehead atoms. The van der Waals surface area contributed by atoms with Crippen molar-refractivity contribution in [1.29, 1.82) is 0 Å². The second kappa shape index (κ2) is 4.30. The summed E-state index contributed by atoms with van der Waals surface area (Å²) in [6, 6.07) is 4.87. The van der Waals surface area contributed by atoms with Crippen LogP contribution < -0.4 is 0 Å². The summed E-state index contributed by atoms with van der Waals surface area (Å²) < 4.78 is 0. The zero-order valence-corrected chi connectivity index (χ0v) is 7.64. The summed E-state index contributed by atoms with van der Waals surface area (Å²) in [4.78, 5) is 13.3. The molecule has 0 amide bonds. The summed E-state index contributed by atoms with van der Waals surface area (Å²) >= 11 is 0. The standard InChI is InChI=1S/C9H9N3O2/c1-6-2-7(5-11-12-10)4-8(3-6)9(13)14/h2-4H,5H2,1H3,(H,13,14). The van der Waals surface area contributed by atoms with E-state index in [-0.39, 0.29) is 12.1 Å². The van der Waals surface area contributed by atoms with Crippen LogP contribution in [0, 0.1) is 6.92 Å². The van der Waals surface area contributed by atoms with Crippen molar-refractivity contribution in [2.24, 2.45) is 5.11 Å². The van der Waals surface area contributed by atoms with Crippen molar-refractivity contribution in [3.63, 3.8) is 0 Å². The van der Waals surface area contributed by atoms with Gasteiger partial charge in [-0.2, -0.15) is 0 Å². The van der Waals surface area contributed by atoms with E-state index in [0.717, 1.165) is 5.56 Å². The summed E-state index contributed by atoms with van der Waals surface area (Å²) in [7, 11) is 0. The van der Waals surface area contributed by atoms with Crippen molar-refractivity contribution in [3.8, 4) is 0 Å². The Morgan fingerprint density at radius 3 is 2.86 bits per heavy atom. The Balaban J connectivity index is 3.06. The molecule has 0 saturated carbocycles. The normalized spacial score (nSPS) is 9.21. The Morgan fingerprint density at radius 1 is 1.57 bits per heavy atom. The maximum atomic E-state index is 10.7. The second-order valence-corrected chi connectivity index (χ2v) is 2.90. The summed E-state index contributed by atoms with van der Waals surface area (Å²) in [6.07, 6.45) is 0. The Kier molecular flexibility index (Phi) is 3.09.